The maximum atomic E-state index is 14.2. The molecule has 0 saturated carbocycles. The van der Waals surface area contributed by atoms with Crippen molar-refractivity contribution in [2.24, 2.45) is 0 Å². The van der Waals surface area contributed by atoms with Crippen LogP contribution in [0.5, 0.6) is 11.5 Å². The summed E-state index contributed by atoms with van der Waals surface area (Å²) in [6.45, 7) is 3.33. The molecule has 4 aromatic rings. The molecule has 4 rings (SSSR count). The topological polar surface area (TPSA) is 79.5 Å². The number of urea groups is 1. The summed E-state index contributed by atoms with van der Waals surface area (Å²) in [5.41, 5.74) is 3.67. The van der Waals surface area contributed by atoms with Crippen molar-refractivity contribution in [1.82, 2.24) is 14.9 Å². The molecule has 1 aromatic heterocycles. The highest BCUT2D eigenvalue weighted by Crippen LogP contribution is 2.35. The monoisotopic (exact) mass is 650 g/mol. The molecule has 3 aromatic carbocycles. The van der Waals surface area contributed by atoms with Crippen LogP contribution in [-0.4, -0.2) is 54.0 Å². The van der Waals surface area contributed by atoms with E-state index < -0.39 is 11.6 Å². The van der Waals surface area contributed by atoms with E-state index in [2.05, 4.69) is 17.2 Å². The van der Waals surface area contributed by atoms with Crippen molar-refractivity contribution in [3.05, 3.63) is 78.4 Å². The van der Waals surface area contributed by atoms with E-state index in [1.807, 2.05) is 48.5 Å². The number of hydrogen-bond donors (Lipinski definition) is 2. The summed E-state index contributed by atoms with van der Waals surface area (Å²) in [5.74, 6) is 0.924. The molecule has 0 fully saturated rings. The Bertz CT molecular complexity index is 1480. The van der Waals surface area contributed by atoms with Crippen LogP contribution in [0.1, 0.15) is 58.3 Å². The SMILES string of the molecule is CCCCCCCN(CCCCCSc1nc(-c2cccc(OC)c2)c(-c2cccc(OC)c2)[nH]1)C(=O)Nc1ccc(F)cc1F. The van der Waals surface area contributed by atoms with Crippen molar-refractivity contribution in [1.29, 1.82) is 0 Å². The van der Waals surface area contributed by atoms with Gasteiger partial charge >= 0.3 is 6.03 Å². The number of carbonyl (C=O) groups is 1. The third-order valence-electron chi connectivity index (χ3n) is 7.69. The lowest BCUT2D eigenvalue weighted by atomic mass is 10.0. The van der Waals surface area contributed by atoms with E-state index in [1.54, 1.807) is 30.9 Å². The van der Waals surface area contributed by atoms with E-state index in [1.165, 1.54) is 12.5 Å². The fraction of sp³-hybridized carbons (Fsp3) is 0.389. The number of nitrogens with one attached hydrogen (secondary N) is 2. The van der Waals surface area contributed by atoms with E-state index in [9.17, 15) is 13.6 Å². The highest BCUT2D eigenvalue weighted by molar-refractivity contribution is 7.99. The van der Waals surface area contributed by atoms with Gasteiger partial charge in [0, 0.05) is 36.0 Å². The Labute approximate surface area is 275 Å². The van der Waals surface area contributed by atoms with Crippen molar-refractivity contribution in [2.75, 3.05) is 38.4 Å². The molecule has 0 radical (unpaired) electrons. The quantitative estimate of drug-likeness (QED) is 0.0828. The molecule has 2 amide bonds. The number of rotatable bonds is 18. The molecule has 0 aliphatic rings. The molecule has 1 heterocycles. The number of ether oxygens (including phenoxy) is 2. The molecular weight excluding hydrogens is 606 g/mol. The van der Waals surface area contributed by atoms with Crippen LogP contribution in [0.15, 0.2) is 71.9 Å². The zero-order valence-corrected chi connectivity index (χ0v) is 27.7. The molecule has 10 heteroatoms. The summed E-state index contributed by atoms with van der Waals surface area (Å²) in [4.78, 5) is 23.3. The molecule has 0 bridgehead atoms. The number of imidazole rings is 1. The van der Waals surface area contributed by atoms with Crippen molar-refractivity contribution < 1.29 is 23.0 Å². The minimum Gasteiger partial charge on any atom is -0.497 e. The molecule has 7 nitrogen and oxygen atoms in total. The number of benzene rings is 3. The normalized spacial score (nSPS) is 11.0. The van der Waals surface area contributed by atoms with Gasteiger partial charge in [0.25, 0.3) is 0 Å². The van der Waals surface area contributed by atoms with Gasteiger partial charge < -0.3 is 24.7 Å². The maximum absolute atomic E-state index is 14.2. The summed E-state index contributed by atoms with van der Waals surface area (Å²) in [6.07, 6.45) is 8.04. The maximum Gasteiger partial charge on any atom is 0.321 e. The van der Waals surface area contributed by atoms with E-state index in [0.29, 0.717) is 13.1 Å². The molecule has 0 atom stereocenters. The van der Waals surface area contributed by atoms with Gasteiger partial charge in [-0.25, -0.2) is 18.6 Å². The minimum atomic E-state index is -0.782. The van der Waals surface area contributed by atoms with Crippen LogP contribution >= 0.6 is 11.8 Å². The first-order chi connectivity index (χ1) is 22.4. The van der Waals surface area contributed by atoms with Gasteiger partial charge in [0.2, 0.25) is 0 Å². The van der Waals surface area contributed by atoms with Gasteiger partial charge in [-0.15, -0.1) is 0 Å². The third kappa shape index (κ3) is 10.2. The average molecular weight is 651 g/mol. The largest absolute Gasteiger partial charge is 0.497 e. The zero-order chi connectivity index (χ0) is 32.7. The summed E-state index contributed by atoms with van der Waals surface area (Å²) in [5, 5.41) is 3.45. The van der Waals surface area contributed by atoms with Gasteiger partial charge in [0.15, 0.2) is 5.16 Å². The Morgan fingerprint density at radius 3 is 2.17 bits per heavy atom. The Balaban J connectivity index is 1.35. The second kappa shape index (κ2) is 18.2. The van der Waals surface area contributed by atoms with Crippen molar-refractivity contribution in [2.45, 2.75) is 63.4 Å². The number of thioether (sulfide) groups is 1. The Morgan fingerprint density at radius 2 is 1.50 bits per heavy atom. The van der Waals surface area contributed by atoms with E-state index in [4.69, 9.17) is 14.5 Å². The van der Waals surface area contributed by atoms with Crippen LogP contribution < -0.4 is 14.8 Å². The summed E-state index contributed by atoms with van der Waals surface area (Å²) in [7, 11) is 3.31. The average Bonchev–Trinajstić information content (AvgIpc) is 3.50. The molecule has 0 spiro atoms. The Kier molecular flexibility index (Phi) is 13.8. The number of carbonyl (C=O) groups excluding carboxylic acids is 1. The van der Waals surface area contributed by atoms with Crippen LogP contribution in [0.3, 0.4) is 0 Å². The van der Waals surface area contributed by atoms with Gasteiger partial charge in [0.1, 0.15) is 23.1 Å². The summed E-state index contributed by atoms with van der Waals surface area (Å²) >= 11 is 1.66. The smallest absolute Gasteiger partial charge is 0.321 e. The number of halogens is 2. The van der Waals surface area contributed by atoms with Crippen LogP contribution in [0.25, 0.3) is 22.5 Å². The number of aromatic amines is 1. The molecule has 246 valence electrons. The fourth-order valence-corrected chi connectivity index (χ4v) is 6.02. The lowest BCUT2D eigenvalue weighted by Crippen LogP contribution is -2.36. The van der Waals surface area contributed by atoms with Crippen LogP contribution in [0.2, 0.25) is 0 Å². The van der Waals surface area contributed by atoms with Gasteiger partial charge in [-0.2, -0.15) is 0 Å². The predicted molar refractivity (Wildman–Crippen MR) is 183 cm³/mol. The molecule has 46 heavy (non-hydrogen) atoms. The molecule has 0 aliphatic carbocycles. The number of anilines is 1. The first-order valence-electron chi connectivity index (χ1n) is 15.9. The number of aromatic nitrogens is 2. The second-order valence-electron chi connectivity index (χ2n) is 11.1. The number of unbranched alkanes of at least 4 members (excludes halogenated alkanes) is 6. The Hall–Kier alpha value is -4.05. The highest BCUT2D eigenvalue weighted by atomic mass is 32.2. The fourth-order valence-electron chi connectivity index (χ4n) is 5.14. The summed E-state index contributed by atoms with van der Waals surface area (Å²) < 4.78 is 38.4. The van der Waals surface area contributed by atoms with Crippen LogP contribution in [-0.2, 0) is 0 Å². The number of H-pyrrole nitrogens is 1. The van der Waals surface area contributed by atoms with Gasteiger partial charge in [0.05, 0.1) is 31.3 Å². The standard InChI is InChI=1S/C36H44F2N4O3S/c1-4-5-6-7-9-20-42(36(43)39-32-19-18-28(37)25-31(32)38)21-10-8-11-22-46-35-40-33(26-14-12-16-29(23-26)44-2)34(41-35)27-15-13-17-30(24-27)45-3/h12-19,23-25H,4-11,20-22H2,1-3H3,(H,39,43)(H,40,41). The lowest BCUT2D eigenvalue weighted by molar-refractivity contribution is 0.209. The number of nitrogens with zero attached hydrogens (tertiary/aromatic N) is 2. The second-order valence-corrected chi connectivity index (χ2v) is 12.2. The van der Waals surface area contributed by atoms with Crippen molar-refractivity contribution in [3.63, 3.8) is 0 Å². The highest BCUT2D eigenvalue weighted by Gasteiger charge is 2.17. The van der Waals surface area contributed by atoms with Crippen molar-refractivity contribution in [3.8, 4) is 34.0 Å². The van der Waals surface area contributed by atoms with Crippen molar-refractivity contribution >= 4 is 23.5 Å². The molecular formula is C36H44F2N4O3S. The van der Waals surface area contributed by atoms with Gasteiger partial charge in [-0.1, -0.05) is 75.1 Å². The first-order valence-corrected chi connectivity index (χ1v) is 16.9. The molecule has 0 unspecified atom stereocenters. The van der Waals surface area contributed by atoms with Crippen LogP contribution in [0.4, 0.5) is 19.3 Å². The number of methoxy groups -OCH3 is 2. The zero-order valence-electron chi connectivity index (χ0n) is 26.9. The number of hydrogen-bond acceptors (Lipinski definition) is 5. The van der Waals surface area contributed by atoms with Gasteiger partial charge in [-0.05, 0) is 55.7 Å². The van der Waals surface area contributed by atoms with E-state index in [0.717, 1.165) is 102 Å². The molecule has 0 aliphatic heterocycles. The lowest BCUT2D eigenvalue weighted by Gasteiger charge is -2.23. The Morgan fingerprint density at radius 1 is 0.848 bits per heavy atom. The van der Waals surface area contributed by atoms with E-state index >= 15 is 0 Å². The first kappa shape index (κ1) is 34.8. The minimum absolute atomic E-state index is 0.0149. The van der Waals surface area contributed by atoms with Gasteiger partial charge in [-0.3, -0.25) is 0 Å². The number of amides is 2. The summed E-state index contributed by atoms with van der Waals surface area (Å²) in [6, 6.07) is 18.6. The molecule has 0 saturated heterocycles. The van der Waals surface area contributed by atoms with E-state index in [-0.39, 0.29) is 11.7 Å². The predicted octanol–water partition coefficient (Wildman–Crippen LogP) is 9.81. The third-order valence-corrected chi connectivity index (χ3v) is 8.65. The molecule has 2 N–H and O–H groups in total. The van der Waals surface area contributed by atoms with Crippen LogP contribution in [0, 0.1) is 11.6 Å².